The zero-order valence-electron chi connectivity index (χ0n) is 25.3. The Kier molecular flexibility index (Phi) is 11.5. The Morgan fingerprint density at radius 1 is 0.646 bits per heavy atom. The van der Waals surface area contributed by atoms with Gasteiger partial charge in [-0.3, -0.25) is 4.79 Å². The molecule has 14 heteroatoms. The van der Waals surface area contributed by atoms with E-state index >= 15 is 0 Å². The van der Waals surface area contributed by atoms with Gasteiger partial charge in [0, 0.05) is 23.1 Å². The molecule has 5 aromatic rings. The Hall–Kier alpha value is -4.30. The minimum atomic E-state index is -4.07. The monoisotopic (exact) mass is 724 g/mol. The molecule has 0 atom stereocenters. The summed E-state index contributed by atoms with van der Waals surface area (Å²) in [6.07, 6.45) is 1.24. The molecule has 0 spiro atoms. The van der Waals surface area contributed by atoms with Gasteiger partial charge in [0.15, 0.2) is 0 Å². The molecule has 0 aliphatic heterocycles. The first-order valence-corrected chi connectivity index (χ1v) is 18.1. The first kappa shape index (κ1) is 35.0. The molecule has 5 rings (SSSR count). The van der Waals surface area contributed by atoms with Crippen LogP contribution in [0.5, 0.6) is 0 Å². The lowest BCUT2D eigenvalue weighted by Gasteiger charge is -2.21. The Labute approximate surface area is 289 Å². The summed E-state index contributed by atoms with van der Waals surface area (Å²) in [4.78, 5) is 13.0. The average Bonchev–Trinajstić information content (AvgIpc) is 3.53. The normalized spacial score (nSPS) is 12.2. The van der Waals surface area contributed by atoms with E-state index in [9.17, 15) is 21.6 Å². The predicted molar refractivity (Wildman–Crippen MR) is 184 cm³/mol. The smallest absolute Gasteiger partial charge is 0.255 e. The average molecular weight is 726 g/mol. The van der Waals surface area contributed by atoms with Crippen LogP contribution in [0.1, 0.15) is 22.6 Å². The van der Waals surface area contributed by atoms with Crippen molar-refractivity contribution in [1.29, 1.82) is 0 Å². The highest BCUT2D eigenvalue weighted by Gasteiger charge is 2.28. The molecule has 0 bridgehead atoms. The molecule has 0 aliphatic rings. The van der Waals surface area contributed by atoms with Gasteiger partial charge in [-0.15, -0.1) is 0 Å². The number of hydrogen-bond donors (Lipinski definition) is 1. The summed E-state index contributed by atoms with van der Waals surface area (Å²) in [5.41, 5.74) is 3.76. The summed E-state index contributed by atoms with van der Waals surface area (Å²) in [6, 6.07) is 32.7. The molecule has 1 heterocycles. The Morgan fingerprint density at radius 2 is 1.17 bits per heavy atom. The summed E-state index contributed by atoms with van der Waals surface area (Å²) in [5, 5.41) is 4.84. The van der Waals surface area contributed by atoms with Crippen molar-refractivity contribution in [1.82, 2.24) is 14.0 Å². The third kappa shape index (κ3) is 9.19. The quantitative estimate of drug-likeness (QED) is 0.105. The number of hydrazone groups is 1. The highest BCUT2D eigenvalue weighted by Crippen LogP contribution is 2.23. The fraction of sp³-hybridized carbons (Fsp3) is 0.118. The topological polar surface area (TPSA) is 129 Å². The van der Waals surface area contributed by atoms with Gasteiger partial charge in [-0.2, -0.15) is 13.7 Å². The highest BCUT2D eigenvalue weighted by atomic mass is 35.5. The number of halogens is 2. The Balaban J connectivity index is 1.28. The van der Waals surface area contributed by atoms with Crippen LogP contribution in [0.2, 0.25) is 10.0 Å². The van der Waals surface area contributed by atoms with Crippen LogP contribution in [0, 0.1) is 0 Å². The predicted octanol–water partition coefficient (Wildman–Crippen LogP) is 6.32. The number of nitrogens with zero attached hydrogens (tertiary/aromatic N) is 3. The van der Waals surface area contributed by atoms with Gasteiger partial charge in [-0.1, -0.05) is 83.9 Å². The second-order valence-corrected chi connectivity index (χ2v) is 15.3. The number of nitrogens with one attached hydrogen (secondary N) is 1. The van der Waals surface area contributed by atoms with E-state index < -0.39 is 32.5 Å². The van der Waals surface area contributed by atoms with E-state index in [0.717, 1.165) is 9.87 Å². The van der Waals surface area contributed by atoms with Crippen LogP contribution in [0.3, 0.4) is 0 Å². The number of hydrogen-bond acceptors (Lipinski definition) is 7. The summed E-state index contributed by atoms with van der Waals surface area (Å²) < 4.78 is 62.2. The van der Waals surface area contributed by atoms with Crippen LogP contribution < -0.4 is 5.43 Å². The molecule has 1 aromatic heterocycles. The zero-order valence-corrected chi connectivity index (χ0v) is 28.5. The second kappa shape index (κ2) is 15.7. The largest absolute Gasteiger partial charge is 0.459 e. The van der Waals surface area contributed by atoms with Crippen LogP contribution in [0.15, 0.2) is 141 Å². The van der Waals surface area contributed by atoms with Crippen molar-refractivity contribution in [2.24, 2.45) is 5.10 Å². The van der Waals surface area contributed by atoms with E-state index in [1.54, 1.807) is 78.9 Å². The van der Waals surface area contributed by atoms with Gasteiger partial charge in [0.25, 0.3) is 5.91 Å². The van der Waals surface area contributed by atoms with Gasteiger partial charge >= 0.3 is 0 Å². The molecule has 248 valence electrons. The molecule has 0 unspecified atom stereocenters. The van der Waals surface area contributed by atoms with E-state index in [2.05, 4.69) is 10.5 Å². The van der Waals surface area contributed by atoms with Crippen molar-refractivity contribution in [3.63, 3.8) is 0 Å². The molecular weight excluding hydrogens is 695 g/mol. The molecule has 1 amide bonds. The molecule has 48 heavy (non-hydrogen) atoms. The van der Waals surface area contributed by atoms with Crippen molar-refractivity contribution in [2.75, 3.05) is 6.54 Å². The molecule has 10 nitrogen and oxygen atoms in total. The second-order valence-electron chi connectivity index (χ2n) is 10.5. The summed E-state index contributed by atoms with van der Waals surface area (Å²) >= 11 is 12.0. The van der Waals surface area contributed by atoms with Crippen LogP contribution >= 0.6 is 23.2 Å². The van der Waals surface area contributed by atoms with E-state index in [4.69, 9.17) is 27.6 Å². The highest BCUT2D eigenvalue weighted by molar-refractivity contribution is 7.89. The van der Waals surface area contributed by atoms with Crippen LogP contribution in [-0.2, 0) is 44.5 Å². The number of amides is 1. The maximum Gasteiger partial charge on any atom is 0.255 e. The van der Waals surface area contributed by atoms with E-state index in [1.165, 1.54) is 46.9 Å². The van der Waals surface area contributed by atoms with Gasteiger partial charge in [-0.05, 0) is 71.8 Å². The lowest BCUT2D eigenvalue weighted by molar-refractivity contribution is -0.121. The minimum Gasteiger partial charge on any atom is -0.459 e. The molecule has 0 aliphatic carbocycles. The number of benzene rings is 4. The van der Waals surface area contributed by atoms with Crippen LogP contribution in [0.25, 0.3) is 0 Å². The van der Waals surface area contributed by atoms with Gasteiger partial charge in [0.2, 0.25) is 20.0 Å². The fourth-order valence-electron chi connectivity index (χ4n) is 4.62. The first-order chi connectivity index (χ1) is 23.0. The third-order valence-corrected chi connectivity index (χ3v) is 11.1. The lowest BCUT2D eigenvalue weighted by atomic mass is 10.2. The summed E-state index contributed by atoms with van der Waals surface area (Å²) in [5.74, 6) is -0.113. The SMILES string of the molecule is O=C(CN(Cc1ccccc1)S(=O)(=O)c1ccc(Cl)cc1)N/N=C\c1ccc(CN(Cc2ccc(Cl)cc2)S(=O)(=O)c2ccccc2)o1. The molecule has 0 radical (unpaired) electrons. The van der Waals surface area contributed by atoms with E-state index in [1.807, 2.05) is 6.07 Å². The number of carbonyl (C=O) groups is 1. The molecule has 0 fully saturated rings. The number of carbonyl (C=O) groups excluding carboxylic acids is 1. The summed E-state index contributed by atoms with van der Waals surface area (Å²) in [7, 11) is -7.98. The van der Waals surface area contributed by atoms with Crippen molar-refractivity contribution in [3.05, 3.63) is 154 Å². The molecule has 0 saturated carbocycles. The van der Waals surface area contributed by atoms with Crippen molar-refractivity contribution >= 4 is 55.4 Å². The van der Waals surface area contributed by atoms with E-state index in [0.29, 0.717) is 21.4 Å². The molecular formula is C34H30Cl2N4O6S2. The van der Waals surface area contributed by atoms with Crippen molar-refractivity contribution in [3.8, 4) is 0 Å². The molecule has 1 N–H and O–H groups in total. The minimum absolute atomic E-state index is 0.0124. The first-order valence-electron chi connectivity index (χ1n) is 14.5. The van der Waals surface area contributed by atoms with Gasteiger partial charge in [0.1, 0.15) is 11.5 Å². The van der Waals surface area contributed by atoms with E-state index in [-0.39, 0.29) is 35.2 Å². The van der Waals surface area contributed by atoms with Crippen molar-refractivity contribution in [2.45, 2.75) is 29.4 Å². The molecule has 0 saturated heterocycles. The van der Waals surface area contributed by atoms with Crippen molar-refractivity contribution < 1.29 is 26.0 Å². The Bertz CT molecular complexity index is 2080. The van der Waals surface area contributed by atoms with Crippen LogP contribution in [-0.4, -0.2) is 44.1 Å². The number of furan rings is 1. The Morgan fingerprint density at radius 3 is 1.81 bits per heavy atom. The third-order valence-electron chi connectivity index (χ3n) is 7.02. The number of sulfonamides is 2. The van der Waals surface area contributed by atoms with Gasteiger partial charge in [-0.25, -0.2) is 22.3 Å². The van der Waals surface area contributed by atoms with Crippen LogP contribution in [0.4, 0.5) is 0 Å². The number of rotatable bonds is 14. The van der Waals surface area contributed by atoms with Gasteiger partial charge in [0.05, 0.1) is 29.1 Å². The van der Waals surface area contributed by atoms with Gasteiger partial charge < -0.3 is 4.42 Å². The maximum absolute atomic E-state index is 13.6. The maximum atomic E-state index is 13.6. The summed E-state index contributed by atoms with van der Waals surface area (Å²) in [6.45, 7) is -0.593. The molecule has 4 aromatic carbocycles. The zero-order chi connectivity index (χ0) is 34.1. The lowest BCUT2D eigenvalue weighted by Crippen LogP contribution is -2.39. The standard InChI is InChI=1S/C34H30Cl2N4O6S2/c35-28-13-11-27(12-14-28)23-39(47(42,43)32-9-5-2-6-10-32)24-31-18-17-30(46-31)21-37-38-34(41)25-40(22-26-7-3-1-4-8-26)48(44,45)33-19-15-29(36)16-20-33/h1-21H,22-25H2,(H,38,41)/b37-21-. The fourth-order valence-corrected chi connectivity index (χ4v) is 7.67.